The number of benzene rings is 2. The summed E-state index contributed by atoms with van der Waals surface area (Å²) in [4.78, 5) is 29.4. The molecule has 2 aromatic carbocycles. The first kappa shape index (κ1) is 20.2. The van der Waals surface area contributed by atoms with E-state index in [1.54, 1.807) is 23.1 Å². The number of halogens is 1. The molecule has 0 aliphatic carbocycles. The number of carboxylic acids is 1. The smallest absolute Gasteiger partial charge is 0.335 e. The van der Waals surface area contributed by atoms with Crippen molar-refractivity contribution in [3.63, 3.8) is 0 Å². The van der Waals surface area contributed by atoms with Crippen LogP contribution in [0.4, 0.5) is 9.52 Å². The summed E-state index contributed by atoms with van der Waals surface area (Å²) in [5.74, 6) is -1.40. The SMILES string of the molecule is O=C(CN1C[C@@H](O)[C@H](Oc2cccc(C(=O)O)c2)C1)Nc1nc2ccc(F)cc2s1. The number of nitrogens with zero attached hydrogens (tertiary/aromatic N) is 2. The Hall–Kier alpha value is -3.08. The monoisotopic (exact) mass is 431 g/mol. The zero-order valence-corrected chi connectivity index (χ0v) is 16.4. The third-order valence-corrected chi connectivity index (χ3v) is 5.58. The van der Waals surface area contributed by atoms with Crippen LogP contribution < -0.4 is 10.1 Å². The number of β-amino-alcohol motifs (C(OH)–C–C–N with tert-alkyl or cyclic N) is 1. The molecule has 2 heterocycles. The lowest BCUT2D eigenvalue weighted by Gasteiger charge is -2.17. The molecule has 1 aliphatic rings. The standard InChI is InChI=1S/C20H18FN3O5S/c21-12-4-5-14-17(7-12)30-20(22-14)23-18(26)10-24-8-15(25)16(9-24)29-13-3-1-2-11(6-13)19(27)28/h1-7,15-16,25H,8-10H2,(H,27,28)(H,22,23,26)/t15-,16-/m1/s1. The van der Waals surface area contributed by atoms with Crippen molar-refractivity contribution in [3.8, 4) is 5.75 Å². The van der Waals surface area contributed by atoms with Crippen molar-refractivity contribution < 1.29 is 28.9 Å². The number of hydrogen-bond acceptors (Lipinski definition) is 7. The third kappa shape index (κ3) is 4.56. The van der Waals surface area contributed by atoms with Gasteiger partial charge in [-0.1, -0.05) is 17.4 Å². The first-order valence-corrected chi connectivity index (χ1v) is 9.95. The van der Waals surface area contributed by atoms with E-state index in [0.717, 1.165) is 0 Å². The summed E-state index contributed by atoms with van der Waals surface area (Å²) in [6.45, 7) is 0.565. The maximum absolute atomic E-state index is 13.3. The lowest BCUT2D eigenvalue weighted by atomic mass is 10.2. The van der Waals surface area contributed by atoms with E-state index in [0.29, 0.717) is 27.6 Å². The van der Waals surface area contributed by atoms with Crippen molar-refractivity contribution in [1.82, 2.24) is 9.88 Å². The quantitative estimate of drug-likeness (QED) is 0.549. The van der Waals surface area contributed by atoms with Gasteiger partial charge in [0.05, 0.1) is 22.3 Å². The van der Waals surface area contributed by atoms with Gasteiger partial charge in [-0.25, -0.2) is 14.2 Å². The van der Waals surface area contributed by atoms with Gasteiger partial charge in [-0.2, -0.15) is 0 Å². The van der Waals surface area contributed by atoms with Crippen LogP contribution in [0.2, 0.25) is 0 Å². The molecule has 1 fully saturated rings. The largest absolute Gasteiger partial charge is 0.486 e. The number of carboxylic acid groups (broad SMARTS) is 1. The Morgan fingerprint density at radius 1 is 1.27 bits per heavy atom. The molecule has 1 aliphatic heterocycles. The summed E-state index contributed by atoms with van der Waals surface area (Å²) in [7, 11) is 0. The molecule has 3 aromatic rings. The molecule has 0 saturated carbocycles. The first-order chi connectivity index (χ1) is 14.4. The van der Waals surface area contributed by atoms with Gasteiger partial charge in [0, 0.05) is 13.1 Å². The topological polar surface area (TPSA) is 112 Å². The number of amides is 1. The highest BCUT2D eigenvalue weighted by atomic mass is 32.1. The van der Waals surface area contributed by atoms with Gasteiger partial charge < -0.3 is 20.3 Å². The average Bonchev–Trinajstić information content (AvgIpc) is 3.23. The van der Waals surface area contributed by atoms with Gasteiger partial charge in [-0.3, -0.25) is 9.69 Å². The summed E-state index contributed by atoms with van der Waals surface area (Å²) in [6.07, 6.45) is -1.41. The number of rotatable bonds is 6. The molecule has 156 valence electrons. The lowest BCUT2D eigenvalue weighted by Crippen LogP contribution is -2.33. The number of ether oxygens (including phenoxy) is 1. The van der Waals surface area contributed by atoms with Crippen molar-refractivity contribution in [2.75, 3.05) is 25.0 Å². The number of fused-ring (bicyclic) bond motifs is 1. The van der Waals surface area contributed by atoms with Gasteiger partial charge in [0.25, 0.3) is 0 Å². The van der Waals surface area contributed by atoms with E-state index in [9.17, 15) is 19.1 Å². The highest BCUT2D eigenvalue weighted by molar-refractivity contribution is 7.22. The number of carbonyl (C=O) groups is 2. The fraction of sp³-hybridized carbons (Fsp3) is 0.250. The van der Waals surface area contributed by atoms with E-state index in [4.69, 9.17) is 9.84 Å². The minimum Gasteiger partial charge on any atom is -0.486 e. The molecule has 10 heteroatoms. The van der Waals surface area contributed by atoms with E-state index in [2.05, 4.69) is 10.3 Å². The molecule has 8 nitrogen and oxygen atoms in total. The number of nitrogens with one attached hydrogen (secondary N) is 1. The first-order valence-electron chi connectivity index (χ1n) is 9.14. The van der Waals surface area contributed by atoms with Crippen LogP contribution in [0.3, 0.4) is 0 Å². The van der Waals surface area contributed by atoms with Gasteiger partial charge in [0.1, 0.15) is 23.8 Å². The normalized spacial score (nSPS) is 19.1. The Kier molecular flexibility index (Phi) is 5.62. The number of carbonyl (C=O) groups excluding carboxylic acids is 1. The van der Waals surface area contributed by atoms with Gasteiger partial charge in [0.2, 0.25) is 5.91 Å². The van der Waals surface area contributed by atoms with Crippen LogP contribution in [-0.4, -0.2) is 63.8 Å². The molecule has 0 bridgehead atoms. The molecule has 30 heavy (non-hydrogen) atoms. The molecule has 2 atom stereocenters. The molecule has 0 spiro atoms. The number of hydrogen-bond donors (Lipinski definition) is 3. The Labute approximate surface area is 174 Å². The van der Waals surface area contributed by atoms with Crippen molar-refractivity contribution >= 4 is 38.6 Å². The number of aromatic nitrogens is 1. The zero-order chi connectivity index (χ0) is 21.3. The van der Waals surface area contributed by atoms with Crippen LogP contribution in [0.15, 0.2) is 42.5 Å². The second-order valence-corrected chi connectivity index (χ2v) is 7.96. The Bertz CT molecular complexity index is 1100. The summed E-state index contributed by atoms with van der Waals surface area (Å²) in [6, 6.07) is 10.2. The summed E-state index contributed by atoms with van der Waals surface area (Å²) in [5, 5.41) is 22.4. The summed E-state index contributed by atoms with van der Waals surface area (Å²) in [5.41, 5.74) is 0.692. The fourth-order valence-electron chi connectivity index (χ4n) is 3.27. The molecular weight excluding hydrogens is 413 g/mol. The van der Waals surface area contributed by atoms with Crippen LogP contribution in [0.25, 0.3) is 10.2 Å². The van der Waals surface area contributed by atoms with Gasteiger partial charge in [-0.05, 0) is 36.4 Å². The van der Waals surface area contributed by atoms with Crippen molar-refractivity contribution in [3.05, 3.63) is 53.8 Å². The van der Waals surface area contributed by atoms with E-state index in [-0.39, 0.29) is 30.4 Å². The van der Waals surface area contributed by atoms with Crippen molar-refractivity contribution in [2.45, 2.75) is 12.2 Å². The van der Waals surface area contributed by atoms with E-state index < -0.39 is 18.2 Å². The predicted molar refractivity (Wildman–Crippen MR) is 108 cm³/mol. The highest BCUT2D eigenvalue weighted by Gasteiger charge is 2.34. The Morgan fingerprint density at radius 3 is 2.90 bits per heavy atom. The number of aliphatic hydroxyl groups is 1. The molecular formula is C20H18FN3O5S. The molecule has 3 N–H and O–H groups in total. The molecule has 1 saturated heterocycles. The van der Waals surface area contributed by atoms with Crippen molar-refractivity contribution in [2.24, 2.45) is 0 Å². The number of aliphatic hydroxyl groups excluding tert-OH is 1. The molecule has 1 aromatic heterocycles. The highest BCUT2D eigenvalue weighted by Crippen LogP contribution is 2.26. The maximum Gasteiger partial charge on any atom is 0.335 e. The minimum absolute atomic E-state index is 0.0242. The molecule has 0 unspecified atom stereocenters. The average molecular weight is 431 g/mol. The van der Waals surface area contributed by atoms with Crippen LogP contribution in [0.1, 0.15) is 10.4 Å². The molecule has 1 amide bonds. The second-order valence-electron chi connectivity index (χ2n) is 6.93. The van der Waals surface area contributed by atoms with E-state index in [1.165, 1.54) is 35.6 Å². The van der Waals surface area contributed by atoms with E-state index in [1.807, 2.05) is 0 Å². The van der Waals surface area contributed by atoms with Gasteiger partial charge in [0.15, 0.2) is 5.13 Å². The van der Waals surface area contributed by atoms with Gasteiger partial charge in [-0.15, -0.1) is 0 Å². The van der Waals surface area contributed by atoms with Crippen LogP contribution in [0, 0.1) is 5.82 Å². The third-order valence-electron chi connectivity index (χ3n) is 4.65. The summed E-state index contributed by atoms with van der Waals surface area (Å²) >= 11 is 1.18. The fourth-order valence-corrected chi connectivity index (χ4v) is 4.18. The van der Waals surface area contributed by atoms with Crippen LogP contribution in [-0.2, 0) is 4.79 Å². The van der Waals surface area contributed by atoms with Crippen molar-refractivity contribution in [1.29, 1.82) is 0 Å². The lowest BCUT2D eigenvalue weighted by molar-refractivity contribution is -0.117. The summed E-state index contributed by atoms with van der Waals surface area (Å²) < 4.78 is 19.7. The second kappa shape index (κ2) is 8.34. The molecule has 4 rings (SSSR count). The van der Waals surface area contributed by atoms with Crippen LogP contribution >= 0.6 is 11.3 Å². The Morgan fingerprint density at radius 2 is 2.10 bits per heavy atom. The number of aromatic carboxylic acids is 1. The van der Waals surface area contributed by atoms with Crippen LogP contribution in [0.5, 0.6) is 5.75 Å². The van der Waals surface area contributed by atoms with E-state index >= 15 is 0 Å². The number of likely N-dealkylation sites (tertiary alicyclic amines) is 1. The van der Waals surface area contributed by atoms with Gasteiger partial charge >= 0.3 is 5.97 Å². The Balaban J connectivity index is 1.34. The minimum atomic E-state index is -1.07. The predicted octanol–water partition coefficient (Wildman–Crippen LogP) is 2.20. The maximum atomic E-state index is 13.3. The number of anilines is 1. The molecule has 0 radical (unpaired) electrons. The zero-order valence-electron chi connectivity index (χ0n) is 15.6. The number of thiazole rings is 1.